The van der Waals surface area contributed by atoms with Crippen LogP contribution in [-0.4, -0.2) is 51.6 Å². The van der Waals surface area contributed by atoms with Gasteiger partial charge in [0, 0.05) is 17.9 Å². The Hall–Kier alpha value is -2.01. The van der Waals surface area contributed by atoms with E-state index in [0.29, 0.717) is 18.2 Å². The Morgan fingerprint density at radius 1 is 1.08 bits per heavy atom. The lowest BCUT2D eigenvalue weighted by atomic mass is 9.54. The molecule has 2 aliphatic carbocycles. The lowest BCUT2D eigenvalue weighted by molar-refractivity contribution is -0.122. The number of carbonyl (C=O) groups is 1. The van der Waals surface area contributed by atoms with Crippen molar-refractivity contribution in [3.63, 3.8) is 0 Å². The molecule has 1 unspecified atom stereocenters. The Kier molecular flexibility index (Phi) is 3.80. The smallest absolute Gasteiger partial charge is 0.197 e. The van der Waals surface area contributed by atoms with Gasteiger partial charge in [0.1, 0.15) is 0 Å². The van der Waals surface area contributed by atoms with Crippen LogP contribution in [0.3, 0.4) is 0 Å². The third-order valence-electron chi connectivity index (χ3n) is 6.40. The fraction of sp³-hybridized carbons (Fsp3) is 0.550. The molecule has 4 rings (SSSR count). The molecule has 1 aromatic rings. The molecule has 1 fully saturated rings. The van der Waals surface area contributed by atoms with Crippen molar-refractivity contribution in [3.8, 4) is 11.5 Å². The van der Waals surface area contributed by atoms with Crippen LogP contribution in [0.25, 0.3) is 0 Å². The predicted octanol–water partition coefficient (Wildman–Crippen LogP) is 2.32. The van der Waals surface area contributed by atoms with E-state index in [0.717, 1.165) is 30.9 Å². The first-order valence-electron chi connectivity index (χ1n) is 8.79. The molecule has 1 aliphatic heterocycles. The van der Waals surface area contributed by atoms with Crippen molar-refractivity contribution >= 4 is 5.78 Å². The molecule has 0 radical (unpaired) electrons. The molecule has 1 heterocycles. The standard InChI is InChI=1S/C20H25NO4/c1-21-6-5-20-11-19(25-4)16(22)9-14(20)15(21)7-12-8-17(23-2)18(24-3)10-13(12)20/h8,10-11,14-15H,5-7,9H2,1-4H3/t14?,15-,20-/m0/s1. The Morgan fingerprint density at radius 3 is 2.48 bits per heavy atom. The van der Waals surface area contributed by atoms with Gasteiger partial charge in [0.2, 0.25) is 0 Å². The van der Waals surface area contributed by atoms with Crippen molar-refractivity contribution in [1.82, 2.24) is 4.90 Å². The summed E-state index contributed by atoms with van der Waals surface area (Å²) >= 11 is 0. The topological polar surface area (TPSA) is 48.0 Å². The molecule has 0 aromatic heterocycles. The number of allylic oxidation sites excluding steroid dienone is 2. The summed E-state index contributed by atoms with van der Waals surface area (Å²) in [4.78, 5) is 14.9. The molecule has 3 aliphatic rings. The highest BCUT2D eigenvalue weighted by Crippen LogP contribution is 2.55. The molecule has 3 atom stereocenters. The van der Waals surface area contributed by atoms with E-state index in [2.05, 4.69) is 30.2 Å². The van der Waals surface area contributed by atoms with Gasteiger partial charge in [0.05, 0.1) is 21.3 Å². The van der Waals surface area contributed by atoms with E-state index in [9.17, 15) is 4.79 Å². The number of carbonyl (C=O) groups excluding carboxylic acids is 1. The Bertz CT molecular complexity index is 756. The minimum atomic E-state index is -0.163. The van der Waals surface area contributed by atoms with Crippen LogP contribution in [0.5, 0.6) is 11.5 Å². The molecule has 0 spiro atoms. The van der Waals surface area contributed by atoms with Gasteiger partial charge < -0.3 is 19.1 Å². The summed E-state index contributed by atoms with van der Waals surface area (Å²) < 4.78 is 16.5. The summed E-state index contributed by atoms with van der Waals surface area (Å²) in [7, 11) is 7.09. The minimum absolute atomic E-state index is 0.118. The van der Waals surface area contributed by atoms with E-state index in [4.69, 9.17) is 14.2 Å². The van der Waals surface area contributed by atoms with Crippen LogP contribution in [0.15, 0.2) is 24.0 Å². The number of Topliss-reactive ketones (excluding diaryl/α,β-unsaturated/α-hetero) is 1. The van der Waals surface area contributed by atoms with Gasteiger partial charge >= 0.3 is 0 Å². The number of piperidine rings is 1. The van der Waals surface area contributed by atoms with Crippen molar-refractivity contribution in [2.24, 2.45) is 5.92 Å². The SMILES string of the molecule is COC1=C[C@@]23CCN(C)[C@@H](Cc4cc(OC)c(OC)cc42)C3CC1=O. The monoisotopic (exact) mass is 343 g/mol. The quantitative estimate of drug-likeness (QED) is 0.843. The number of likely N-dealkylation sites (tertiary alicyclic amines) is 1. The van der Waals surface area contributed by atoms with Crippen molar-refractivity contribution in [2.75, 3.05) is 34.9 Å². The summed E-state index contributed by atoms with van der Waals surface area (Å²) in [5.74, 6) is 2.41. The van der Waals surface area contributed by atoms with Gasteiger partial charge in [-0.1, -0.05) is 0 Å². The fourth-order valence-corrected chi connectivity index (χ4v) is 5.11. The highest BCUT2D eigenvalue weighted by atomic mass is 16.5. The van der Waals surface area contributed by atoms with E-state index in [1.54, 1.807) is 21.3 Å². The van der Waals surface area contributed by atoms with E-state index in [1.807, 2.05) is 0 Å². The number of methoxy groups -OCH3 is 3. The summed E-state index contributed by atoms with van der Waals surface area (Å²) in [6, 6.07) is 4.58. The van der Waals surface area contributed by atoms with Crippen molar-refractivity contribution in [2.45, 2.75) is 30.7 Å². The summed E-state index contributed by atoms with van der Waals surface area (Å²) in [5, 5.41) is 0. The highest BCUT2D eigenvalue weighted by Gasteiger charge is 2.55. The molecule has 5 nitrogen and oxygen atoms in total. The van der Waals surface area contributed by atoms with E-state index >= 15 is 0 Å². The van der Waals surface area contributed by atoms with Crippen LogP contribution in [0.2, 0.25) is 0 Å². The Labute approximate surface area is 148 Å². The first-order chi connectivity index (χ1) is 12.0. The van der Waals surface area contributed by atoms with Crippen molar-refractivity contribution < 1.29 is 19.0 Å². The third-order valence-corrected chi connectivity index (χ3v) is 6.40. The number of rotatable bonds is 3. The van der Waals surface area contributed by atoms with E-state index in [-0.39, 0.29) is 17.1 Å². The molecular formula is C20H25NO4. The molecule has 2 bridgehead atoms. The second kappa shape index (κ2) is 5.77. The van der Waals surface area contributed by atoms with Gasteiger partial charge in [-0.25, -0.2) is 0 Å². The van der Waals surface area contributed by atoms with Crippen molar-refractivity contribution in [1.29, 1.82) is 0 Å². The van der Waals surface area contributed by atoms with Crippen LogP contribution in [-0.2, 0) is 21.4 Å². The second-order valence-electron chi connectivity index (χ2n) is 7.35. The maximum absolute atomic E-state index is 12.5. The molecule has 134 valence electrons. The predicted molar refractivity (Wildman–Crippen MR) is 94.2 cm³/mol. The normalized spacial score (nSPS) is 30.9. The molecule has 5 heteroatoms. The molecule has 1 saturated heterocycles. The van der Waals surface area contributed by atoms with Crippen LogP contribution in [0.4, 0.5) is 0 Å². The zero-order chi connectivity index (χ0) is 17.8. The summed E-state index contributed by atoms with van der Waals surface area (Å²) in [6.45, 7) is 1.01. The molecule has 1 aromatic carbocycles. The highest BCUT2D eigenvalue weighted by molar-refractivity contribution is 5.95. The number of ether oxygens (including phenoxy) is 3. The fourth-order valence-electron chi connectivity index (χ4n) is 5.11. The number of hydrogen-bond donors (Lipinski definition) is 0. The van der Waals surface area contributed by atoms with Gasteiger partial charge in [-0.05, 0) is 61.7 Å². The largest absolute Gasteiger partial charge is 0.493 e. The summed E-state index contributed by atoms with van der Waals surface area (Å²) in [5.41, 5.74) is 2.39. The van der Waals surface area contributed by atoms with Crippen molar-refractivity contribution in [3.05, 3.63) is 35.1 Å². The Morgan fingerprint density at radius 2 is 1.80 bits per heavy atom. The zero-order valence-corrected chi connectivity index (χ0v) is 15.3. The zero-order valence-electron chi connectivity index (χ0n) is 15.3. The minimum Gasteiger partial charge on any atom is -0.493 e. The average molecular weight is 343 g/mol. The first-order valence-corrected chi connectivity index (χ1v) is 8.79. The third kappa shape index (κ3) is 2.21. The van der Waals surface area contributed by atoms with Gasteiger partial charge in [-0.15, -0.1) is 0 Å². The van der Waals surface area contributed by atoms with Gasteiger partial charge in [-0.2, -0.15) is 0 Å². The maximum atomic E-state index is 12.5. The van der Waals surface area contributed by atoms with Crippen LogP contribution in [0.1, 0.15) is 24.0 Å². The number of nitrogens with zero attached hydrogens (tertiary/aromatic N) is 1. The number of fused-ring (bicyclic) bond motifs is 1. The van der Waals surface area contributed by atoms with E-state index in [1.165, 1.54) is 11.1 Å². The first kappa shape index (κ1) is 16.5. The maximum Gasteiger partial charge on any atom is 0.197 e. The number of likely N-dealkylation sites (N-methyl/N-ethyl adjacent to an activating group) is 1. The number of hydrogen-bond acceptors (Lipinski definition) is 5. The van der Waals surface area contributed by atoms with Gasteiger partial charge in [-0.3, -0.25) is 4.79 Å². The number of ketones is 1. The molecule has 0 saturated carbocycles. The van der Waals surface area contributed by atoms with Gasteiger partial charge in [0.15, 0.2) is 23.0 Å². The van der Waals surface area contributed by atoms with Crippen LogP contribution < -0.4 is 9.47 Å². The number of benzene rings is 1. The Balaban J connectivity index is 1.96. The average Bonchev–Trinajstić information content (AvgIpc) is 2.63. The van der Waals surface area contributed by atoms with Crippen LogP contribution in [0, 0.1) is 5.92 Å². The molecule has 0 amide bonds. The van der Waals surface area contributed by atoms with E-state index < -0.39 is 0 Å². The van der Waals surface area contributed by atoms with Gasteiger partial charge in [0.25, 0.3) is 0 Å². The second-order valence-corrected chi connectivity index (χ2v) is 7.35. The molecule has 0 N–H and O–H groups in total. The molecular weight excluding hydrogens is 318 g/mol. The van der Waals surface area contributed by atoms with Crippen LogP contribution >= 0.6 is 0 Å². The lowest BCUT2D eigenvalue weighted by Crippen LogP contribution is -2.60. The molecule has 25 heavy (non-hydrogen) atoms. The lowest BCUT2D eigenvalue weighted by Gasteiger charge is -2.56. The summed E-state index contributed by atoms with van der Waals surface area (Å²) in [6.07, 6.45) is 4.55.